The molecule has 0 N–H and O–H groups in total. The van der Waals surface area contributed by atoms with Crippen LogP contribution < -0.4 is 0 Å². The van der Waals surface area contributed by atoms with E-state index in [1.54, 1.807) is 37.7 Å². The van der Waals surface area contributed by atoms with E-state index in [2.05, 4.69) is 13.0 Å². The Kier molecular flexibility index (Phi) is 2.82. The normalized spacial score (nSPS) is 51.1. The fourth-order valence-corrected chi connectivity index (χ4v) is 6.32. The third-order valence-corrected chi connectivity index (χ3v) is 7.11. The summed E-state index contributed by atoms with van der Waals surface area (Å²) in [4.78, 5) is 0. The van der Waals surface area contributed by atoms with E-state index in [0.717, 1.165) is 35.5 Å². The van der Waals surface area contributed by atoms with Crippen molar-refractivity contribution >= 4 is 0 Å². The van der Waals surface area contributed by atoms with Crippen LogP contribution in [0.4, 0.5) is 0 Å². The maximum absolute atomic E-state index is 2.57. The number of hydrogen-bond acceptors (Lipinski definition) is 0. The van der Waals surface area contributed by atoms with Crippen LogP contribution in [0.15, 0.2) is 11.6 Å². The lowest BCUT2D eigenvalue weighted by Gasteiger charge is -2.52. The maximum Gasteiger partial charge on any atom is -0.0172 e. The molecule has 4 aliphatic carbocycles. The van der Waals surface area contributed by atoms with Gasteiger partial charge in [0.25, 0.3) is 0 Å². The highest BCUT2D eigenvalue weighted by Crippen LogP contribution is 2.57. The molecule has 0 aromatic carbocycles. The summed E-state index contributed by atoms with van der Waals surface area (Å²) in [6.07, 6.45) is 16.5. The van der Waals surface area contributed by atoms with E-state index < -0.39 is 0 Å². The van der Waals surface area contributed by atoms with Crippen molar-refractivity contribution in [2.45, 2.75) is 64.7 Å². The first-order valence-corrected chi connectivity index (χ1v) is 8.51. The van der Waals surface area contributed by atoms with E-state index in [-0.39, 0.29) is 0 Å². The molecule has 3 saturated carbocycles. The molecule has 4 rings (SSSR count). The number of fused-ring (bicyclic) bond motifs is 5. The second kappa shape index (κ2) is 4.39. The summed E-state index contributed by atoms with van der Waals surface area (Å²) in [5.41, 5.74) is 1.74. The van der Waals surface area contributed by atoms with Crippen LogP contribution in [0.3, 0.4) is 0 Å². The molecular formula is C18H28. The first kappa shape index (κ1) is 11.6. The minimum absolute atomic E-state index is 0.992. The van der Waals surface area contributed by atoms with Crippen molar-refractivity contribution in [3.05, 3.63) is 11.6 Å². The van der Waals surface area contributed by atoms with Crippen LogP contribution in [-0.4, -0.2) is 0 Å². The fourth-order valence-electron chi connectivity index (χ4n) is 6.32. The molecule has 6 unspecified atom stereocenters. The minimum Gasteiger partial charge on any atom is -0.0850 e. The Labute approximate surface area is 112 Å². The van der Waals surface area contributed by atoms with Gasteiger partial charge in [-0.3, -0.25) is 0 Å². The second-order valence-corrected chi connectivity index (χ2v) is 7.64. The highest BCUT2D eigenvalue weighted by atomic mass is 14.5. The molecule has 100 valence electrons. The molecule has 0 aliphatic heterocycles. The van der Waals surface area contributed by atoms with Crippen LogP contribution in [0, 0.1) is 35.5 Å². The van der Waals surface area contributed by atoms with Crippen molar-refractivity contribution in [2.24, 2.45) is 35.5 Å². The van der Waals surface area contributed by atoms with Gasteiger partial charge in [0, 0.05) is 0 Å². The van der Waals surface area contributed by atoms with Gasteiger partial charge in [0.1, 0.15) is 0 Å². The van der Waals surface area contributed by atoms with Crippen LogP contribution in [0.25, 0.3) is 0 Å². The molecule has 18 heavy (non-hydrogen) atoms. The monoisotopic (exact) mass is 244 g/mol. The van der Waals surface area contributed by atoms with E-state index >= 15 is 0 Å². The lowest BCUT2D eigenvalue weighted by molar-refractivity contribution is -0.0154. The third kappa shape index (κ3) is 1.63. The van der Waals surface area contributed by atoms with Gasteiger partial charge in [-0.05, 0) is 81.0 Å². The van der Waals surface area contributed by atoms with Gasteiger partial charge in [-0.25, -0.2) is 0 Å². The van der Waals surface area contributed by atoms with Gasteiger partial charge in [-0.1, -0.05) is 30.9 Å². The predicted molar refractivity (Wildman–Crippen MR) is 76.3 cm³/mol. The summed E-state index contributed by atoms with van der Waals surface area (Å²) < 4.78 is 0. The molecule has 0 saturated heterocycles. The zero-order chi connectivity index (χ0) is 12.1. The van der Waals surface area contributed by atoms with Gasteiger partial charge < -0.3 is 0 Å². The smallest absolute Gasteiger partial charge is 0.0172 e. The first-order chi connectivity index (χ1) is 8.84. The Morgan fingerprint density at radius 2 is 1.56 bits per heavy atom. The highest BCUT2D eigenvalue weighted by Gasteiger charge is 2.48. The summed E-state index contributed by atoms with van der Waals surface area (Å²) in [7, 11) is 0. The molecule has 4 aliphatic rings. The molecule has 0 aromatic rings. The van der Waals surface area contributed by atoms with E-state index in [1.165, 1.54) is 25.7 Å². The van der Waals surface area contributed by atoms with Crippen molar-refractivity contribution in [1.29, 1.82) is 0 Å². The van der Waals surface area contributed by atoms with Crippen molar-refractivity contribution in [3.8, 4) is 0 Å². The molecule has 0 nitrogen and oxygen atoms in total. The van der Waals surface area contributed by atoms with Crippen LogP contribution in [0.1, 0.15) is 64.7 Å². The molecule has 0 bridgehead atoms. The predicted octanol–water partition coefficient (Wildman–Crippen LogP) is 5.20. The first-order valence-electron chi connectivity index (χ1n) is 8.51. The van der Waals surface area contributed by atoms with E-state index in [1.807, 2.05) is 0 Å². The molecular weight excluding hydrogens is 216 g/mol. The summed E-state index contributed by atoms with van der Waals surface area (Å²) in [5, 5.41) is 0. The van der Waals surface area contributed by atoms with Gasteiger partial charge in [-0.2, -0.15) is 0 Å². The third-order valence-electron chi connectivity index (χ3n) is 7.11. The Balaban J connectivity index is 1.56. The van der Waals surface area contributed by atoms with Crippen LogP contribution >= 0.6 is 0 Å². The van der Waals surface area contributed by atoms with Gasteiger partial charge in [0.2, 0.25) is 0 Å². The zero-order valence-corrected chi connectivity index (χ0v) is 11.9. The maximum atomic E-state index is 2.57. The van der Waals surface area contributed by atoms with Crippen molar-refractivity contribution in [3.63, 3.8) is 0 Å². The number of rotatable bonds is 0. The topological polar surface area (TPSA) is 0 Å². The summed E-state index contributed by atoms with van der Waals surface area (Å²) in [5.74, 6) is 6.56. The molecule has 0 aromatic heterocycles. The summed E-state index contributed by atoms with van der Waals surface area (Å²) in [6, 6.07) is 0. The van der Waals surface area contributed by atoms with Crippen LogP contribution in [-0.2, 0) is 0 Å². The van der Waals surface area contributed by atoms with Crippen LogP contribution in [0.2, 0.25) is 0 Å². The fraction of sp³-hybridized carbons (Fsp3) is 0.889. The minimum atomic E-state index is 0.992. The standard InChI is InChI=1S/C18H28/c1-12-6-8-16-14(12)10-11-17-15-5-3-2-4-13(15)7-9-18(16)17/h6,13-18H,2-5,7-11H2,1H3. The Morgan fingerprint density at radius 3 is 2.50 bits per heavy atom. The Morgan fingerprint density at radius 1 is 0.778 bits per heavy atom. The average Bonchev–Trinajstić information content (AvgIpc) is 2.80. The molecule has 0 radical (unpaired) electrons. The van der Waals surface area contributed by atoms with Crippen molar-refractivity contribution < 1.29 is 0 Å². The lowest BCUT2D eigenvalue weighted by atomic mass is 9.53. The highest BCUT2D eigenvalue weighted by molar-refractivity contribution is 5.16. The Hall–Kier alpha value is -0.260. The number of allylic oxidation sites excluding steroid dienone is 2. The zero-order valence-electron chi connectivity index (χ0n) is 11.9. The number of hydrogen-bond donors (Lipinski definition) is 0. The van der Waals surface area contributed by atoms with Gasteiger partial charge in [0.15, 0.2) is 0 Å². The Bertz CT molecular complexity index is 351. The molecule has 0 amide bonds. The molecule has 6 atom stereocenters. The van der Waals surface area contributed by atoms with Crippen molar-refractivity contribution in [2.75, 3.05) is 0 Å². The molecule has 3 fully saturated rings. The largest absolute Gasteiger partial charge is 0.0850 e. The van der Waals surface area contributed by atoms with Gasteiger partial charge in [-0.15, -0.1) is 0 Å². The summed E-state index contributed by atoms with van der Waals surface area (Å²) >= 11 is 0. The molecule has 0 spiro atoms. The van der Waals surface area contributed by atoms with E-state index in [4.69, 9.17) is 0 Å². The molecule has 0 heteroatoms. The van der Waals surface area contributed by atoms with E-state index in [0.29, 0.717) is 0 Å². The lowest BCUT2D eigenvalue weighted by Crippen LogP contribution is -2.43. The van der Waals surface area contributed by atoms with Crippen LogP contribution in [0.5, 0.6) is 0 Å². The van der Waals surface area contributed by atoms with Gasteiger partial charge in [0.05, 0.1) is 0 Å². The van der Waals surface area contributed by atoms with Gasteiger partial charge >= 0.3 is 0 Å². The quantitative estimate of drug-likeness (QED) is 0.514. The second-order valence-electron chi connectivity index (χ2n) is 7.64. The average molecular weight is 244 g/mol. The molecule has 0 heterocycles. The van der Waals surface area contributed by atoms with Crippen molar-refractivity contribution in [1.82, 2.24) is 0 Å². The SMILES string of the molecule is CC1=CCC2C1CCC1C3CCCCC3CCC21. The summed E-state index contributed by atoms with van der Waals surface area (Å²) in [6.45, 7) is 2.40. The van der Waals surface area contributed by atoms with E-state index in [9.17, 15) is 0 Å².